The first-order valence-electron chi connectivity index (χ1n) is 12.6. The van der Waals surface area contributed by atoms with Crippen molar-refractivity contribution in [2.45, 2.75) is 31.3 Å². The third kappa shape index (κ3) is 6.38. The van der Waals surface area contributed by atoms with E-state index in [2.05, 4.69) is 10.1 Å². The predicted molar refractivity (Wildman–Crippen MR) is 145 cm³/mol. The normalized spacial score (nSPS) is 16.6. The third-order valence-corrected chi connectivity index (χ3v) is 7.02. The Kier molecular flexibility index (Phi) is 7.91. The number of amides is 1. The summed E-state index contributed by atoms with van der Waals surface area (Å²) < 4.78 is 68.0. The lowest BCUT2D eigenvalue weighted by atomic mass is 9.96. The molecule has 1 aliphatic carbocycles. The van der Waals surface area contributed by atoms with Gasteiger partial charge in [0.15, 0.2) is 11.6 Å². The molecule has 42 heavy (non-hydrogen) atoms. The number of ether oxygens (including phenoxy) is 3. The van der Waals surface area contributed by atoms with Gasteiger partial charge in [0.25, 0.3) is 5.91 Å². The Hall–Kier alpha value is -4.45. The second-order valence-corrected chi connectivity index (χ2v) is 10.0. The number of carbonyl (C=O) groups is 2. The standard InChI is InChI=1S/C29H23ClF4N2O6/c1-40-20-11-19(12-22(13-20)41-21-8-17(9-21)28(38)39)35-26(15-2-4-18(30)5-3-15)27(37)36-7-6-16-10-23(31)25(14-24(16)36)42-29(32,33)34/h2-5,8,10-14,21,26,35H,6-7,9H2,1H3,(H,38,39)/t21-,26?/m1/s1. The average molecular weight is 607 g/mol. The highest BCUT2D eigenvalue weighted by atomic mass is 35.5. The molecule has 8 nitrogen and oxygen atoms in total. The fraction of sp³-hybridized carbons (Fsp3) is 0.241. The minimum atomic E-state index is -5.12. The van der Waals surface area contributed by atoms with Crippen molar-refractivity contribution in [2.24, 2.45) is 0 Å². The highest BCUT2D eigenvalue weighted by Crippen LogP contribution is 2.39. The molecule has 1 unspecified atom stereocenters. The van der Waals surface area contributed by atoms with Crippen molar-refractivity contribution in [3.8, 4) is 17.2 Å². The topological polar surface area (TPSA) is 97.3 Å². The minimum absolute atomic E-state index is 0.0985. The second kappa shape index (κ2) is 11.4. The maximum Gasteiger partial charge on any atom is 0.573 e. The molecule has 0 saturated carbocycles. The molecule has 3 aromatic carbocycles. The van der Waals surface area contributed by atoms with Crippen molar-refractivity contribution >= 4 is 34.9 Å². The first kappa shape index (κ1) is 29.1. The smallest absolute Gasteiger partial charge is 0.497 e. The zero-order valence-electron chi connectivity index (χ0n) is 21.9. The quantitative estimate of drug-likeness (QED) is 0.276. The molecule has 2 aliphatic rings. The van der Waals surface area contributed by atoms with E-state index in [0.717, 1.165) is 12.1 Å². The number of nitrogens with one attached hydrogen (secondary N) is 1. The summed E-state index contributed by atoms with van der Waals surface area (Å²) in [4.78, 5) is 26.4. The Balaban J connectivity index is 1.46. The van der Waals surface area contributed by atoms with Crippen LogP contribution in [0.4, 0.5) is 28.9 Å². The van der Waals surface area contributed by atoms with E-state index in [1.54, 1.807) is 42.5 Å². The molecule has 0 fully saturated rings. The number of halogens is 5. The number of carboxylic acid groups (broad SMARTS) is 1. The molecule has 5 rings (SSSR count). The molecule has 13 heteroatoms. The number of anilines is 2. The first-order valence-corrected chi connectivity index (χ1v) is 13.0. The van der Waals surface area contributed by atoms with Crippen molar-refractivity contribution in [3.63, 3.8) is 0 Å². The van der Waals surface area contributed by atoms with Crippen LogP contribution in [-0.4, -0.2) is 43.1 Å². The fourth-order valence-corrected chi connectivity index (χ4v) is 4.87. The summed E-state index contributed by atoms with van der Waals surface area (Å²) in [5, 5.41) is 12.6. The van der Waals surface area contributed by atoms with Crippen LogP contribution < -0.4 is 24.4 Å². The fourth-order valence-electron chi connectivity index (χ4n) is 4.74. The zero-order chi connectivity index (χ0) is 30.2. The predicted octanol–water partition coefficient (Wildman–Crippen LogP) is 6.29. The number of hydrogen-bond donors (Lipinski definition) is 2. The SMILES string of the molecule is COc1cc(NC(C(=O)N2CCc3cc(F)c(OC(F)(F)F)cc32)c2ccc(Cl)cc2)cc(O[C@@H]2C=C(C(=O)O)C2)c1. The van der Waals surface area contributed by atoms with Gasteiger partial charge in [-0.3, -0.25) is 4.79 Å². The Bertz CT molecular complexity index is 1560. The van der Waals surface area contributed by atoms with E-state index in [9.17, 15) is 27.2 Å². The Labute approximate surface area is 242 Å². The number of rotatable bonds is 9. The van der Waals surface area contributed by atoms with Gasteiger partial charge in [0.2, 0.25) is 0 Å². The van der Waals surface area contributed by atoms with Crippen LogP contribution in [0.2, 0.25) is 5.02 Å². The zero-order valence-corrected chi connectivity index (χ0v) is 22.6. The van der Waals surface area contributed by atoms with E-state index in [1.165, 1.54) is 18.1 Å². The number of alkyl halides is 3. The van der Waals surface area contributed by atoms with Gasteiger partial charge < -0.3 is 29.5 Å². The summed E-state index contributed by atoms with van der Waals surface area (Å²) in [6.07, 6.45) is -3.65. The van der Waals surface area contributed by atoms with Crippen molar-refractivity contribution in [1.82, 2.24) is 0 Å². The van der Waals surface area contributed by atoms with Crippen LogP contribution in [0.5, 0.6) is 17.2 Å². The third-order valence-electron chi connectivity index (χ3n) is 6.77. The number of carboxylic acids is 1. The van der Waals surface area contributed by atoms with Crippen molar-refractivity contribution in [1.29, 1.82) is 0 Å². The Morgan fingerprint density at radius 1 is 1.10 bits per heavy atom. The molecule has 0 radical (unpaired) electrons. The van der Waals surface area contributed by atoms with Crippen LogP contribution in [0.15, 0.2) is 66.2 Å². The van der Waals surface area contributed by atoms with Gasteiger partial charge in [-0.1, -0.05) is 23.7 Å². The van der Waals surface area contributed by atoms with Gasteiger partial charge in [-0.2, -0.15) is 0 Å². The number of benzene rings is 3. The van der Waals surface area contributed by atoms with E-state index in [-0.39, 0.29) is 30.6 Å². The Morgan fingerprint density at radius 3 is 2.43 bits per heavy atom. The molecule has 0 aromatic heterocycles. The van der Waals surface area contributed by atoms with Gasteiger partial charge >= 0.3 is 12.3 Å². The monoisotopic (exact) mass is 606 g/mol. The van der Waals surface area contributed by atoms with E-state index in [0.29, 0.717) is 33.3 Å². The molecule has 0 spiro atoms. The summed E-state index contributed by atoms with van der Waals surface area (Å²) in [6, 6.07) is 12.0. The van der Waals surface area contributed by atoms with Crippen molar-refractivity contribution < 1.29 is 46.5 Å². The molecule has 1 heterocycles. The second-order valence-electron chi connectivity index (χ2n) is 9.58. The van der Waals surface area contributed by atoms with Gasteiger partial charge in [0, 0.05) is 53.5 Å². The highest BCUT2D eigenvalue weighted by Gasteiger charge is 2.36. The first-order chi connectivity index (χ1) is 19.9. The van der Waals surface area contributed by atoms with Gasteiger partial charge in [0.1, 0.15) is 23.6 Å². The van der Waals surface area contributed by atoms with Crippen LogP contribution in [0, 0.1) is 5.82 Å². The Morgan fingerprint density at radius 2 is 1.79 bits per heavy atom. The number of aliphatic carboxylic acids is 1. The number of methoxy groups -OCH3 is 1. The summed E-state index contributed by atoms with van der Waals surface area (Å²) in [6.45, 7) is 0.0985. The van der Waals surface area contributed by atoms with Crippen molar-refractivity contribution in [3.05, 3.63) is 88.2 Å². The van der Waals surface area contributed by atoms with Crippen LogP contribution in [-0.2, 0) is 16.0 Å². The van der Waals surface area contributed by atoms with Gasteiger partial charge in [-0.05, 0) is 41.8 Å². The van der Waals surface area contributed by atoms with Crippen LogP contribution >= 0.6 is 11.6 Å². The van der Waals surface area contributed by atoms with E-state index < -0.39 is 42.0 Å². The van der Waals surface area contributed by atoms with Gasteiger partial charge in [-0.15, -0.1) is 13.2 Å². The number of fused-ring (bicyclic) bond motifs is 1. The summed E-state index contributed by atoms with van der Waals surface area (Å²) in [7, 11) is 1.44. The summed E-state index contributed by atoms with van der Waals surface area (Å²) >= 11 is 6.06. The molecule has 1 aliphatic heterocycles. The lowest BCUT2D eigenvalue weighted by Crippen LogP contribution is -2.37. The summed E-state index contributed by atoms with van der Waals surface area (Å²) in [5.74, 6) is -3.04. The largest absolute Gasteiger partial charge is 0.573 e. The van der Waals surface area contributed by atoms with E-state index in [1.807, 2.05) is 0 Å². The van der Waals surface area contributed by atoms with Crippen molar-refractivity contribution in [2.75, 3.05) is 23.9 Å². The number of hydrogen-bond acceptors (Lipinski definition) is 6. The number of carbonyl (C=O) groups excluding carboxylic acids is 1. The molecule has 0 bridgehead atoms. The molecule has 3 aromatic rings. The minimum Gasteiger partial charge on any atom is -0.497 e. The van der Waals surface area contributed by atoms with Gasteiger partial charge in [0.05, 0.1) is 12.8 Å². The average Bonchev–Trinajstić information content (AvgIpc) is 3.30. The summed E-state index contributed by atoms with van der Waals surface area (Å²) in [5.41, 5.74) is 1.59. The number of nitrogens with zero attached hydrogens (tertiary/aromatic N) is 1. The molecule has 220 valence electrons. The van der Waals surface area contributed by atoms with Crippen LogP contribution in [0.25, 0.3) is 0 Å². The van der Waals surface area contributed by atoms with Gasteiger partial charge in [-0.25, -0.2) is 9.18 Å². The maximum atomic E-state index is 14.3. The maximum absolute atomic E-state index is 14.3. The lowest BCUT2D eigenvalue weighted by Gasteiger charge is -2.27. The molecule has 2 atom stereocenters. The van der Waals surface area contributed by atoms with Crippen LogP contribution in [0.1, 0.15) is 23.6 Å². The molecular formula is C29H23ClF4N2O6. The highest BCUT2D eigenvalue weighted by molar-refractivity contribution is 6.30. The van der Waals surface area contributed by atoms with Crippen LogP contribution in [0.3, 0.4) is 0 Å². The molecular weight excluding hydrogens is 584 g/mol. The lowest BCUT2D eigenvalue weighted by molar-refractivity contribution is -0.275. The molecule has 2 N–H and O–H groups in total. The molecule has 1 amide bonds. The van der Waals surface area contributed by atoms with E-state index in [4.69, 9.17) is 26.2 Å². The molecule has 0 saturated heterocycles. The van der Waals surface area contributed by atoms with E-state index >= 15 is 0 Å².